The number of esters is 5. The van der Waals surface area contributed by atoms with Crippen LogP contribution in [0.3, 0.4) is 0 Å². The lowest BCUT2D eigenvalue weighted by Gasteiger charge is -2.30. The molecule has 0 aliphatic heterocycles. The summed E-state index contributed by atoms with van der Waals surface area (Å²) in [6.45, 7) is 15.3. The monoisotopic (exact) mass is 722 g/mol. The van der Waals surface area contributed by atoms with Gasteiger partial charge in [-0.2, -0.15) is 0 Å². The first-order valence-corrected chi connectivity index (χ1v) is 17.7. The molecule has 15 nitrogen and oxygen atoms in total. The molecule has 15 heteroatoms. The van der Waals surface area contributed by atoms with Crippen LogP contribution in [0.25, 0.3) is 0 Å². The molecule has 13 unspecified atom stereocenters. The second kappa shape index (κ2) is 23.6. The SMILES string of the molecule is CCC(C)C(O)C(=O)OC(C(=O)OC(C(=O)OC(C(=O)OC(C(=O)OCC(O)C(O)C(O)CO)C(C)CC)C(C)CC)C(C)CC)C(C)CC. The van der Waals surface area contributed by atoms with Gasteiger partial charge in [-0.1, -0.05) is 75.7 Å². The van der Waals surface area contributed by atoms with Crippen molar-refractivity contribution in [1.29, 1.82) is 0 Å². The molecule has 50 heavy (non-hydrogen) atoms. The quantitative estimate of drug-likeness (QED) is 0.0707. The van der Waals surface area contributed by atoms with Crippen molar-refractivity contribution in [1.82, 2.24) is 0 Å². The fraction of sp³-hybridized carbons (Fsp3) is 0.857. The van der Waals surface area contributed by atoms with Gasteiger partial charge in [0.1, 0.15) is 24.9 Å². The molecular formula is C35H62O15. The third kappa shape index (κ3) is 14.4. The second-order valence-electron chi connectivity index (χ2n) is 13.2. The molecule has 0 aromatic heterocycles. The van der Waals surface area contributed by atoms with E-state index in [1.807, 2.05) is 0 Å². The molecule has 0 spiro atoms. The molecule has 0 rings (SSSR count). The van der Waals surface area contributed by atoms with Crippen LogP contribution in [0, 0.1) is 29.6 Å². The Hall–Kier alpha value is -2.85. The first-order valence-electron chi connectivity index (χ1n) is 17.7. The van der Waals surface area contributed by atoms with Crippen LogP contribution < -0.4 is 0 Å². The van der Waals surface area contributed by atoms with Crippen LogP contribution in [-0.2, 0) is 47.7 Å². The first-order chi connectivity index (χ1) is 23.4. The molecule has 0 saturated carbocycles. The predicted octanol–water partition coefficient (Wildman–Crippen LogP) is 1.84. The Labute approximate surface area is 295 Å². The van der Waals surface area contributed by atoms with E-state index in [-0.39, 0.29) is 0 Å². The van der Waals surface area contributed by atoms with E-state index in [0.29, 0.717) is 32.1 Å². The lowest BCUT2D eigenvalue weighted by Crippen LogP contribution is -2.47. The molecule has 0 amide bonds. The van der Waals surface area contributed by atoms with Gasteiger partial charge in [0.25, 0.3) is 0 Å². The maximum atomic E-state index is 13.6. The van der Waals surface area contributed by atoms with Crippen molar-refractivity contribution in [3.8, 4) is 0 Å². The van der Waals surface area contributed by atoms with E-state index >= 15 is 0 Å². The highest BCUT2D eigenvalue weighted by atomic mass is 16.6. The number of aliphatic hydroxyl groups is 5. The van der Waals surface area contributed by atoms with Gasteiger partial charge in [-0.05, 0) is 31.6 Å². The Kier molecular flexibility index (Phi) is 22.2. The molecule has 0 fully saturated rings. The average molecular weight is 723 g/mol. The van der Waals surface area contributed by atoms with E-state index < -0.39 is 121 Å². The van der Waals surface area contributed by atoms with E-state index in [9.17, 15) is 44.4 Å². The predicted molar refractivity (Wildman–Crippen MR) is 179 cm³/mol. The number of hydrogen-bond donors (Lipinski definition) is 5. The van der Waals surface area contributed by atoms with Crippen molar-refractivity contribution in [3.63, 3.8) is 0 Å². The van der Waals surface area contributed by atoms with Gasteiger partial charge >= 0.3 is 29.8 Å². The molecule has 0 saturated heterocycles. The molecule has 5 N–H and O–H groups in total. The lowest BCUT2D eigenvalue weighted by atomic mass is 9.98. The number of ether oxygens (including phenoxy) is 5. The van der Waals surface area contributed by atoms with Crippen LogP contribution in [-0.4, -0.2) is 117 Å². The molecule has 0 aromatic carbocycles. The summed E-state index contributed by atoms with van der Waals surface area (Å²) in [4.78, 5) is 66.2. The zero-order valence-electron chi connectivity index (χ0n) is 31.3. The summed E-state index contributed by atoms with van der Waals surface area (Å²) in [5.74, 6) is -8.01. The molecule has 0 radical (unpaired) electrons. The zero-order valence-corrected chi connectivity index (χ0v) is 31.3. The third-order valence-corrected chi connectivity index (χ3v) is 9.34. The summed E-state index contributed by atoms with van der Waals surface area (Å²) in [5.41, 5.74) is 0. The van der Waals surface area contributed by atoms with Gasteiger partial charge in [0, 0.05) is 23.7 Å². The van der Waals surface area contributed by atoms with Crippen LogP contribution in [0.1, 0.15) is 101 Å². The van der Waals surface area contributed by atoms with Gasteiger partial charge in [0.05, 0.1) is 6.61 Å². The van der Waals surface area contributed by atoms with E-state index in [1.165, 1.54) is 0 Å². The summed E-state index contributed by atoms with van der Waals surface area (Å²) in [7, 11) is 0. The fourth-order valence-electron chi connectivity index (χ4n) is 4.38. The minimum Gasteiger partial charge on any atom is -0.460 e. The molecule has 0 aliphatic carbocycles. The maximum absolute atomic E-state index is 13.6. The van der Waals surface area contributed by atoms with Gasteiger partial charge in [0.15, 0.2) is 6.10 Å². The zero-order chi connectivity index (χ0) is 38.9. The van der Waals surface area contributed by atoms with Crippen molar-refractivity contribution in [2.45, 2.75) is 150 Å². The summed E-state index contributed by atoms with van der Waals surface area (Å²) < 4.78 is 27.2. The van der Waals surface area contributed by atoms with Crippen LogP contribution in [0.5, 0.6) is 0 Å². The van der Waals surface area contributed by atoms with E-state index in [2.05, 4.69) is 0 Å². The Morgan fingerprint density at radius 1 is 0.460 bits per heavy atom. The van der Waals surface area contributed by atoms with Crippen molar-refractivity contribution in [2.24, 2.45) is 29.6 Å². The van der Waals surface area contributed by atoms with E-state index in [4.69, 9.17) is 28.8 Å². The minimum absolute atomic E-state index is 0.334. The number of rotatable bonds is 24. The topological polar surface area (TPSA) is 233 Å². The van der Waals surface area contributed by atoms with Crippen LogP contribution in [0.2, 0.25) is 0 Å². The van der Waals surface area contributed by atoms with Gasteiger partial charge in [-0.3, -0.25) is 0 Å². The Balaban J connectivity index is 6.15. The normalized spacial score (nSPS) is 19.4. The number of carbonyl (C=O) groups excluding carboxylic acids is 5. The summed E-state index contributed by atoms with van der Waals surface area (Å²) >= 11 is 0. The smallest absolute Gasteiger partial charge is 0.348 e. The molecule has 0 aromatic rings. The van der Waals surface area contributed by atoms with Gasteiger partial charge in [0.2, 0.25) is 24.4 Å². The summed E-state index contributed by atoms with van der Waals surface area (Å²) in [6.07, 6.45) is -10.8. The molecule has 292 valence electrons. The lowest BCUT2D eigenvalue weighted by molar-refractivity contribution is -0.196. The molecule has 0 bridgehead atoms. The minimum atomic E-state index is -1.82. The molecular weight excluding hydrogens is 660 g/mol. The largest absolute Gasteiger partial charge is 0.460 e. The Morgan fingerprint density at radius 2 is 0.760 bits per heavy atom. The van der Waals surface area contributed by atoms with Crippen molar-refractivity contribution >= 4 is 29.8 Å². The van der Waals surface area contributed by atoms with Gasteiger partial charge < -0.3 is 49.2 Å². The fourth-order valence-corrected chi connectivity index (χ4v) is 4.38. The standard InChI is InChI=1S/C35H62O15/c1-11-18(6)25(39)31(41)47-28(20(8)13-3)33(43)49-30(22(10)15-5)35(45)50-29(21(9)14-4)34(44)48-27(19(7)12-2)32(42)46-17-24(38)26(40)23(37)16-36/h18-30,36-40H,11-17H2,1-10H3. The van der Waals surface area contributed by atoms with Crippen LogP contribution >= 0.6 is 0 Å². The Bertz CT molecular complexity index is 1050. The van der Waals surface area contributed by atoms with Crippen LogP contribution in [0.4, 0.5) is 0 Å². The summed E-state index contributed by atoms with van der Waals surface area (Å²) in [5, 5.41) is 48.7. The first kappa shape index (κ1) is 47.1. The molecule has 0 aliphatic rings. The Morgan fingerprint density at radius 3 is 1.06 bits per heavy atom. The second-order valence-corrected chi connectivity index (χ2v) is 13.2. The van der Waals surface area contributed by atoms with Gasteiger partial charge in [-0.15, -0.1) is 0 Å². The number of aliphatic hydroxyl groups excluding tert-OH is 5. The third-order valence-electron chi connectivity index (χ3n) is 9.34. The molecule has 0 heterocycles. The number of hydrogen-bond acceptors (Lipinski definition) is 15. The summed E-state index contributed by atoms with van der Waals surface area (Å²) in [6, 6.07) is 0. The van der Waals surface area contributed by atoms with E-state index in [0.717, 1.165) is 0 Å². The molecule has 13 atom stereocenters. The van der Waals surface area contributed by atoms with E-state index in [1.54, 1.807) is 69.2 Å². The maximum Gasteiger partial charge on any atom is 0.348 e. The van der Waals surface area contributed by atoms with Crippen molar-refractivity contribution < 1.29 is 73.2 Å². The highest BCUT2D eigenvalue weighted by Crippen LogP contribution is 2.24. The van der Waals surface area contributed by atoms with Crippen LogP contribution in [0.15, 0.2) is 0 Å². The van der Waals surface area contributed by atoms with Crippen molar-refractivity contribution in [2.75, 3.05) is 13.2 Å². The number of carbonyl (C=O) groups is 5. The van der Waals surface area contributed by atoms with Crippen molar-refractivity contribution in [3.05, 3.63) is 0 Å². The highest BCUT2D eigenvalue weighted by Gasteiger charge is 2.42. The average Bonchev–Trinajstić information content (AvgIpc) is 3.12. The van der Waals surface area contributed by atoms with Gasteiger partial charge in [-0.25, -0.2) is 24.0 Å². The highest BCUT2D eigenvalue weighted by molar-refractivity contribution is 5.87.